The molecule has 1 aromatic carbocycles. The highest BCUT2D eigenvalue weighted by Crippen LogP contribution is 2.28. The summed E-state index contributed by atoms with van der Waals surface area (Å²) < 4.78 is 28.7. The summed E-state index contributed by atoms with van der Waals surface area (Å²) in [5.74, 6) is 0.398. The number of hydrogen-bond donors (Lipinski definition) is 1. The number of aromatic nitrogens is 1. The van der Waals surface area contributed by atoms with Crippen molar-refractivity contribution in [2.45, 2.75) is 18.2 Å². The lowest BCUT2D eigenvalue weighted by Crippen LogP contribution is -2.07. The van der Waals surface area contributed by atoms with Gasteiger partial charge in [-0.15, -0.1) is 11.3 Å². The van der Waals surface area contributed by atoms with Gasteiger partial charge < -0.3 is 10.5 Å². The number of nitrogen functional groups attached to an aromatic ring is 1. The molecular weight excluding hydrogens is 296 g/mol. The van der Waals surface area contributed by atoms with Crippen LogP contribution in [0.15, 0.2) is 28.6 Å². The van der Waals surface area contributed by atoms with Gasteiger partial charge in [0.1, 0.15) is 5.75 Å². The fourth-order valence-electron chi connectivity index (χ4n) is 1.79. The van der Waals surface area contributed by atoms with Gasteiger partial charge in [0.25, 0.3) is 0 Å². The van der Waals surface area contributed by atoms with E-state index in [-0.39, 0.29) is 10.6 Å². The van der Waals surface area contributed by atoms with Crippen molar-refractivity contribution >= 4 is 26.9 Å². The maximum absolute atomic E-state index is 11.6. The molecule has 0 spiro atoms. The minimum Gasteiger partial charge on any atom is -0.491 e. The van der Waals surface area contributed by atoms with Gasteiger partial charge in [0, 0.05) is 17.6 Å². The highest BCUT2D eigenvalue weighted by molar-refractivity contribution is 7.90. The Bertz CT molecular complexity index is 708. The molecule has 20 heavy (non-hydrogen) atoms. The first-order valence-corrected chi connectivity index (χ1v) is 8.77. The largest absolute Gasteiger partial charge is 0.491 e. The number of nitrogens with zero attached hydrogens (tertiary/aromatic N) is 1. The average molecular weight is 312 g/mol. The molecule has 0 aliphatic heterocycles. The van der Waals surface area contributed by atoms with Crippen LogP contribution in [-0.4, -0.2) is 26.3 Å². The monoisotopic (exact) mass is 312 g/mol. The van der Waals surface area contributed by atoms with Crippen molar-refractivity contribution in [1.29, 1.82) is 0 Å². The molecule has 0 fully saturated rings. The summed E-state index contributed by atoms with van der Waals surface area (Å²) >= 11 is 1.58. The third-order valence-electron chi connectivity index (χ3n) is 2.86. The fraction of sp³-hybridized carbons (Fsp3) is 0.308. The predicted octanol–water partition coefficient (Wildman–Crippen LogP) is 2.06. The van der Waals surface area contributed by atoms with Crippen LogP contribution >= 0.6 is 11.3 Å². The van der Waals surface area contributed by atoms with Crippen LogP contribution in [0.2, 0.25) is 0 Å². The van der Waals surface area contributed by atoms with Crippen LogP contribution in [0.3, 0.4) is 0 Å². The van der Waals surface area contributed by atoms with Gasteiger partial charge in [0.2, 0.25) is 0 Å². The minimum atomic E-state index is -3.34. The molecule has 0 saturated carbocycles. The molecule has 2 N–H and O–H groups in total. The van der Waals surface area contributed by atoms with Crippen molar-refractivity contribution in [2.75, 3.05) is 18.6 Å². The van der Waals surface area contributed by atoms with Crippen LogP contribution in [0.25, 0.3) is 0 Å². The van der Waals surface area contributed by atoms with E-state index >= 15 is 0 Å². The summed E-state index contributed by atoms with van der Waals surface area (Å²) in [5.41, 5.74) is 8.80. The van der Waals surface area contributed by atoms with Gasteiger partial charge in [-0.05, 0) is 19.1 Å². The Kier molecular flexibility index (Phi) is 4.29. The van der Waals surface area contributed by atoms with E-state index in [1.165, 1.54) is 6.07 Å². The maximum atomic E-state index is 11.6. The zero-order chi connectivity index (χ0) is 14.8. The fourth-order valence-corrected chi connectivity index (χ4v) is 3.38. The molecule has 5 nitrogen and oxygen atoms in total. The van der Waals surface area contributed by atoms with E-state index in [0.29, 0.717) is 12.4 Å². The number of sulfone groups is 1. The molecule has 0 amide bonds. The SMILES string of the molecule is Cc1ncsc1CCOc1cccc(S(C)(=O)=O)c1N. The first kappa shape index (κ1) is 14.8. The van der Waals surface area contributed by atoms with Crippen molar-refractivity contribution < 1.29 is 13.2 Å². The van der Waals surface area contributed by atoms with E-state index in [9.17, 15) is 8.42 Å². The zero-order valence-corrected chi connectivity index (χ0v) is 12.9. The Balaban J connectivity index is 2.09. The highest BCUT2D eigenvalue weighted by Gasteiger charge is 2.15. The Hall–Kier alpha value is -1.60. The number of benzene rings is 1. The van der Waals surface area contributed by atoms with E-state index < -0.39 is 9.84 Å². The van der Waals surface area contributed by atoms with E-state index in [1.54, 1.807) is 29.0 Å². The summed E-state index contributed by atoms with van der Waals surface area (Å²) in [5, 5.41) is 0. The number of aryl methyl sites for hydroxylation is 1. The number of anilines is 1. The third kappa shape index (κ3) is 3.29. The number of hydrogen-bond acceptors (Lipinski definition) is 6. The molecule has 108 valence electrons. The normalized spacial score (nSPS) is 11.5. The van der Waals surface area contributed by atoms with Gasteiger partial charge in [-0.1, -0.05) is 6.07 Å². The number of rotatable bonds is 5. The Morgan fingerprint density at radius 1 is 1.40 bits per heavy atom. The van der Waals surface area contributed by atoms with E-state index in [1.807, 2.05) is 6.92 Å². The molecule has 1 heterocycles. The minimum absolute atomic E-state index is 0.101. The Labute approximate surface area is 122 Å². The van der Waals surface area contributed by atoms with Gasteiger partial charge in [-0.3, -0.25) is 0 Å². The summed E-state index contributed by atoms with van der Waals surface area (Å²) in [6, 6.07) is 4.77. The van der Waals surface area contributed by atoms with Gasteiger partial charge in [-0.2, -0.15) is 0 Å². The van der Waals surface area contributed by atoms with Crippen molar-refractivity contribution in [1.82, 2.24) is 4.98 Å². The first-order chi connectivity index (χ1) is 9.39. The Morgan fingerprint density at radius 2 is 2.15 bits per heavy atom. The molecule has 0 atom stereocenters. The second kappa shape index (κ2) is 5.80. The van der Waals surface area contributed by atoms with Crippen molar-refractivity contribution in [3.8, 4) is 5.75 Å². The van der Waals surface area contributed by atoms with Gasteiger partial charge in [0.05, 0.1) is 28.4 Å². The molecule has 0 unspecified atom stereocenters. The van der Waals surface area contributed by atoms with Crippen LogP contribution in [0.4, 0.5) is 5.69 Å². The number of thiazole rings is 1. The van der Waals surface area contributed by atoms with Crippen molar-refractivity contribution in [2.24, 2.45) is 0 Å². The lowest BCUT2D eigenvalue weighted by atomic mass is 10.3. The molecule has 0 aliphatic rings. The molecule has 2 rings (SSSR count). The van der Waals surface area contributed by atoms with Crippen LogP contribution in [0.5, 0.6) is 5.75 Å². The van der Waals surface area contributed by atoms with Gasteiger partial charge in [0.15, 0.2) is 9.84 Å². The molecule has 0 bridgehead atoms. The molecule has 0 aliphatic carbocycles. The molecular formula is C13H16N2O3S2. The van der Waals surface area contributed by atoms with E-state index in [2.05, 4.69) is 4.98 Å². The van der Waals surface area contributed by atoms with Crippen LogP contribution in [0.1, 0.15) is 10.6 Å². The zero-order valence-electron chi connectivity index (χ0n) is 11.3. The number of nitrogens with two attached hydrogens (primary N) is 1. The summed E-state index contributed by atoms with van der Waals surface area (Å²) in [6.07, 6.45) is 1.85. The smallest absolute Gasteiger partial charge is 0.177 e. The number of ether oxygens (including phenoxy) is 1. The van der Waals surface area contributed by atoms with E-state index in [4.69, 9.17) is 10.5 Å². The first-order valence-electron chi connectivity index (χ1n) is 6.00. The van der Waals surface area contributed by atoms with Crippen LogP contribution in [0, 0.1) is 6.92 Å². The summed E-state index contributed by atoms with van der Waals surface area (Å²) in [4.78, 5) is 5.42. The average Bonchev–Trinajstić information content (AvgIpc) is 2.76. The molecule has 0 saturated heterocycles. The standard InChI is InChI=1S/C13H16N2O3S2/c1-9-11(19-8-15-9)6-7-18-10-4-3-5-12(13(10)14)20(2,16)17/h3-5,8H,6-7,14H2,1-2H3. The number of para-hydroxylation sites is 1. The topological polar surface area (TPSA) is 82.3 Å². The van der Waals surface area contributed by atoms with Gasteiger partial charge >= 0.3 is 0 Å². The quantitative estimate of drug-likeness (QED) is 0.855. The molecule has 2 aromatic rings. The van der Waals surface area contributed by atoms with Crippen LogP contribution in [-0.2, 0) is 16.3 Å². The Morgan fingerprint density at radius 3 is 2.75 bits per heavy atom. The molecule has 0 radical (unpaired) electrons. The molecule has 1 aromatic heterocycles. The second-order valence-corrected chi connectivity index (χ2v) is 7.32. The van der Waals surface area contributed by atoms with Crippen LogP contribution < -0.4 is 10.5 Å². The summed E-state index contributed by atoms with van der Waals surface area (Å²) in [6.45, 7) is 2.38. The third-order valence-corrected chi connectivity index (χ3v) is 5.01. The van der Waals surface area contributed by atoms with Crippen molar-refractivity contribution in [3.05, 3.63) is 34.3 Å². The molecule has 7 heteroatoms. The maximum Gasteiger partial charge on any atom is 0.177 e. The lowest BCUT2D eigenvalue weighted by Gasteiger charge is -2.11. The van der Waals surface area contributed by atoms with E-state index in [0.717, 1.165) is 23.2 Å². The van der Waals surface area contributed by atoms with Crippen molar-refractivity contribution in [3.63, 3.8) is 0 Å². The lowest BCUT2D eigenvalue weighted by molar-refractivity contribution is 0.323. The predicted molar refractivity (Wildman–Crippen MR) is 80.0 cm³/mol. The summed E-state index contributed by atoms with van der Waals surface area (Å²) in [7, 11) is -3.34. The highest BCUT2D eigenvalue weighted by atomic mass is 32.2. The van der Waals surface area contributed by atoms with Gasteiger partial charge in [-0.25, -0.2) is 13.4 Å². The second-order valence-electron chi connectivity index (χ2n) is 4.40.